The predicted molar refractivity (Wildman–Crippen MR) is 112 cm³/mol. The zero-order valence-corrected chi connectivity index (χ0v) is 19.9. The van der Waals surface area contributed by atoms with Crippen molar-refractivity contribution < 1.29 is 83.5 Å². The Labute approximate surface area is 209 Å². The van der Waals surface area contributed by atoms with Gasteiger partial charge in [0.25, 0.3) is 0 Å². The first kappa shape index (κ1) is 30.8. The Bertz CT molecular complexity index is 846. The summed E-state index contributed by atoms with van der Waals surface area (Å²) >= 11 is 0. The molecule has 0 spiro atoms. The third-order valence-corrected chi connectivity index (χ3v) is 8.07. The van der Waals surface area contributed by atoms with Crippen LogP contribution in [0.5, 0.6) is 0 Å². The number of hydrogen-bond donors (Lipinski definition) is 12. The Morgan fingerprint density at radius 1 is 0.622 bits per heavy atom. The van der Waals surface area contributed by atoms with Gasteiger partial charge in [-0.25, -0.2) is 13.1 Å². The molecule has 19 heteroatoms. The van der Waals surface area contributed by atoms with Gasteiger partial charge in [0.05, 0.1) is 19.8 Å². The van der Waals surface area contributed by atoms with Crippen LogP contribution in [0.25, 0.3) is 0 Å². The van der Waals surface area contributed by atoms with E-state index in [4.69, 9.17) is 24.1 Å². The molecular weight excluding hydrogens is 534 g/mol. The number of aliphatic hydroxyl groups is 11. The Balaban J connectivity index is 1.75. The normalized spacial score (nSPS) is 49.6. The van der Waals surface area contributed by atoms with Gasteiger partial charge >= 0.3 is 0 Å². The monoisotopic (exact) mass is 567 g/mol. The highest BCUT2D eigenvalue weighted by atomic mass is 32.2. The van der Waals surface area contributed by atoms with E-state index < -0.39 is 121 Å². The third-order valence-electron chi connectivity index (χ3n) is 6.47. The van der Waals surface area contributed by atoms with E-state index in [1.54, 1.807) is 4.72 Å². The summed E-state index contributed by atoms with van der Waals surface area (Å²) in [6.45, 7) is -2.62. The highest BCUT2D eigenvalue weighted by molar-refractivity contribution is 7.90. The van der Waals surface area contributed by atoms with Gasteiger partial charge in [-0.2, -0.15) is 0 Å². The lowest BCUT2D eigenvalue weighted by atomic mass is 9.97. The van der Waals surface area contributed by atoms with E-state index >= 15 is 0 Å². The van der Waals surface area contributed by atoms with Crippen molar-refractivity contribution in [3.8, 4) is 0 Å². The molecule has 0 aromatic rings. The lowest BCUT2D eigenvalue weighted by molar-refractivity contribution is -0.338. The van der Waals surface area contributed by atoms with Crippen molar-refractivity contribution in [3.63, 3.8) is 0 Å². The molecule has 3 aliphatic heterocycles. The fraction of sp³-hybridized carbons (Fsp3) is 1.00. The molecule has 0 saturated carbocycles. The highest BCUT2D eigenvalue weighted by Gasteiger charge is 2.54. The minimum atomic E-state index is -4.93. The predicted octanol–water partition coefficient (Wildman–Crippen LogP) is -8.67. The lowest BCUT2D eigenvalue weighted by Gasteiger charge is -2.46. The Hall–Kier alpha value is -0.690. The maximum atomic E-state index is 12.9. The van der Waals surface area contributed by atoms with Crippen LogP contribution in [-0.2, 0) is 29.0 Å². The first-order chi connectivity index (χ1) is 17.3. The van der Waals surface area contributed by atoms with Crippen molar-refractivity contribution in [1.82, 2.24) is 4.72 Å². The molecule has 3 saturated heterocycles. The van der Waals surface area contributed by atoms with E-state index in [0.717, 1.165) is 0 Å². The van der Waals surface area contributed by atoms with Gasteiger partial charge in [-0.1, -0.05) is 0 Å². The van der Waals surface area contributed by atoms with E-state index in [-0.39, 0.29) is 0 Å². The molecule has 3 aliphatic rings. The van der Waals surface area contributed by atoms with Crippen LogP contribution in [0, 0.1) is 0 Å². The lowest BCUT2D eigenvalue weighted by Crippen LogP contribution is -2.68. The molecule has 0 aromatic carbocycles. The second-order valence-electron chi connectivity index (χ2n) is 8.92. The topological polar surface area (TPSA) is 306 Å². The molecule has 3 fully saturated rings. The molecule has 3 rings (SSSR count). The molecule has 0 aromatic heterocycles. The van der Waals surface area contributed by atoms with Gasteiger partial charge in [-0.3, -0.25) is 0 Å². The molecule has 37 heavy (non-hydrogen) atoms. The summed E-state index contributed by atoms with van der Waals surface area (Å²) in [4.78, 5) is 0. The quantitative estimate of drug-likeness (QED) is 0.129. The van der Waals surface area contributed by atoms with Crippen LogP contribution in [-0.4, -0.2) is 176 Å². The van der Waals surface area contributed by atoms with Crippen LogP contribution in [0.2, 0.25) is 0 Å². The Morgan fingerprint density at radius 2 is 1.16 bits per heavy atom. The maximum absolute atomic E-state index is 12.9. The summed E-state index contributed by atoms with van der Waals surface area (Å²) in [6.07, 6.45) is -23.9. The van der Waals surface area contributed by atoms with Gasteiger partial charge in [-0.15, -0.1) is 0 Å². The van der Waals surface area contributed by atoms with Crippen LogP contribution < -0.4 is 4.72 Å². The number of sulfonamides is 1. The SMILES string of the molecule is O=S(=O)(N[C@@H]1[C@@H](O)[C@H](O)[C@@H](CO)O[C@@H]1O)[C@@H]1O[C@H](CO)[C@@H](O[C@@H]2O[C@H](CO)[C@H](O)[C@H](O)[C@H]2O)[C@H](O)[C@H]1O. The molecule has 12 N–H and O–H groups in total. The molecule has 0 radical (unpaired) electrons. The largest absolute Gasteiger partial charge is 0.394 e. The molecule has 218 valence electrons. The Morgan fingerprint density at radius 3 is 1.73 bits per heavy atom. The van der Waals surface area contributed by atoms with E-state index in [1.807, 2.05) is 0 Å². The first-order valence-electron chi connectivity index (χ1n) is 11.2. The zero-order chi connectivity index (χ0) is 27.8. The summed E-state index contributed by atoms with van der Waals surface area (Å²) in [5.41, 5.74) is -2.33. The number of nitrogens with one attached hydrogen (secondary N) is 1. The maximum Gasteiger partial charge on any atom is 0.242 e. The molecule has 0 unspecified atom stereocenters. The number of ether oxygens (including phenoxy) is 4. The second kappa shape index (κ2) is 12.2. The molecular formula is C18H33NO17S. The summed E-state index contributed by atoms with van der Waals surface area (Å²) in [5, 5.41) is 109. The minimum absolute atomic E-state index is 0.803. The molecule has 3 heterocycles. The van der Waals surface area contributed by atoms with Gasteiger partial charge in [0, 0.05) is 0 Å². The number of rotatable bonds is 8. The fourth-order valence-corrected chi connectivity index (χ4v) is 5.88. The van der Waals surface area contributed by atoms with Crippen molar-refractivity contribution in [2.24, 2.45) is 0 Å². The van der Waals surface area contributed by atoms with Gasteiger partial charge in [-0.05, 0) is 0 Å². The van der Waals surface area contributed by atoms with Gasteiger partial charge in [0.1, 0.15) is 73.2 Å². The van der Waals surface area contributed by atoms with Crippen LogP contribution in [0.15, 0.2) is 0 Å². The minimum Gasteiger partial charge on any atom is -0.394 e. The molecule has 18 nitrogen and oxygen atoms in total. The van der Waals surface area contributed by atoms with Crippen molar-refractivity contribution in [3.05, 3.63) is 0 Å². The average Bonchev–Trinajstić information content (AvgIpc) is 2.86. The van der Waals surface area contributed by atoms with Gasteiger partial charge in [0.2, 0.25) is 15.5 Å². The van der Waals surface area contributed by atoms with E-state index in [0.29, 0.717) is 0 Å². The van der Waals surface area contributed by atoms with Crippen molar-refractivity contribution in [1.29, 1.82) is 0 Å². The molecule has 0 amide bonds. The van der Waals surface area contributed by atoms with Gasteiger partial charge < -0.3 is 75.1 Å². The first-order valence-corrected chi connectivity index (χ1v) is 12.7. The van der Waals surface area contributed by atoms with Crippen molar-refractivity contribution in [2.45, 2.75) is 91.2 Å². The number of aliphatic hydroxyl groups excluding tert-OH is 11. The standard InChI is InChI=1S/C18H33NO17S/c20-1-4-8(23)10(25)7(16(30)33-4)19-37(31,32)18-14(29)12(27)15(6(3-22)35-18)36-17-13(28)11(26)9(24)5(2-21)34-17/h4-30H,1-3H2/t4-,5-,6-,7-,8-,9+,10-,11+,12-,13-,14-,15-,16+,17+,18+/m1/s1. The van der Waals surface area contributed by atoms with Crippen molar-refractivity contribution in [2.75, 3.05) is 19.8 Å². The summed E-state index contributed by atoms with van der Waals surface area (Å²) in [6, 6.07) is -1.90. The Kier molecular flexibility index (Phi) is 10.2. The smallest absolute Gasteiger partial charge is 0.242 e. The summed E-state index contributed by atoms with van der Waals surface area (Å²) < 4.78 is 48.2. The third kappa shape index (κ3) is 6.07. The average molecular weight is 568 g/mol. The van der Waals surface area contributed by atoms with Crippen LogP contribution >= 0.6 is 0 Å². The summed E-state index contributed by atoms with van der Waals surface area (Å²) in [5.74, 6) is 0. The van der Waals surface area contributed by atoms with E-state index in [2.05, 4.69) is 0 Å². The van der Waals surface area contributed by atoms with E-state index in [1.165, 1.54) is 0 Å². The second-order valence-corrected chi connectivity index (χ2v) is 10.7. The zero-order valence-electron chi connectivity index (χ0n) is 19.1. The number of hydrogen-bond acceptors (Lipinski definition) is 17. The van der Waals surface area contributed by atoms with Crippen LogP contribution in [0.1, 0.15) is 0 Å². The highest BCUT2D eigenvalue weighted by Crippen LogP contribution is 2.31. The fourth-order valence-electron chi connectivity index (χ4n) is 4.29. The molecule has 15 atom stereocenters. The van der Waals surface area contributed by atoms with Crippen LogP contribution in [0.3, 0.4) is 0 Å². The molecule has 0 aliphatic carbocycles. The molecule has 0 bridgehead atoms. The van der Waals surface area contributed by atoms with E-state index in [9.17, 15) is 59.5 Å². The van der Waals surface area contributed by atoms with Crippen LogP contribution in [0.4, 0.5) is 0 Å². The van der Waals surface area contributed by atoms with Crippen molar-refractivity contribution >= 4 is 10.0 Å². The van der Waals surface area contributed by atoms with Gasteiger partial charge in [0.15, 0.2) is 12.6 Å². The summed E-state index contributed by atoms with van der Waals surface area (Å²) in [7, 11) is -4.93.